The number of likely N-dealkylation sites (tertiary alicyclic amines) is 1. The van der Waals surface area contributed by atoms with Gasteiger partial charge in [-0.15, -0.1) is 0 Å². The third kappa shape index (κ3) is 4.98. The standard InChI is InChI=1S/C18H27N3O2/c1-12-8-13(2)10-16(9-12)14(3)20-18(23)21-6-4-15(5-7-21)11-17(19)22/h8-10,14-15H,4-7,11H2,1-3H3,(H2,19,22)(H,20,23)/t14-/m1/s1. The van der Waals surface area contributed by atoms with E-state index in [0.29, 0.717) is 25.4 Å². The van der Waals surface area contributed by atoms with Gasteiger partial charge in [-0.1, -0.05) is 29.3 Å². The van der Waals surface area contributed by atoms with Crippen LogP contribution in [-0.4, -0.2) is 29.9 Å². The third-order valence-corrected chi connectivity index (χ3v) is 4.48. The van der Waals surface area contributed by atoms with Gasteiger partial charge in [0.25, 0.3) is 0 Å². The van der Waals surface area contributed by atoms with E-state index in [-0.39, 0.29) is 18.0 Å². The number of urea groups is 1. The number of carbonyl (C=O) groups is 2. The third-order valence-electron chi connectivity index (χ3n) is 4.48. The van der Waals surface area contributed by atoms with Crippen LogP contribution in [0.5, 0.6) is 0 Å². The van der Waals surface area contributed by atoms with Crippen molar-refractivity contribution in [1.29, 1.82) is 0 Å². The molecule has 1 fully saturated rings. The van der Waals surface area contributed by atoms with Crippen LogP contribution in [0.25, 0.3) is 0 Å². The molecule has 1 heterocycles. The van der Waals surface area contributed by atoms with Crippen LogP contribution >= 0.6 is 0 Å². The fraction of sp³-hybridized carbons (Fsp3) is 0.556. The molecule has 1 aliphatic rings. The number of benzene rings is 1. The first-order chi connectivity index (χ1) is 10.8. The van der Waals surface area contributed by atoms with E-state index in [1.807, 2.05) is 11.8 Å². The molecule has 126 valence electrons. The molecule has 0 aromatic heterocycles. The molecule has 1 aromatic carbocycles. The van der Waals surface area contributed by atoms with E-state index in [1.54, 1.807) is 0 Å². The Kier molecular flexibility index (Phi) is 5.64. The Morgan fingerprint density at radius 2 is 1.78 bits per heavy atom. The average Bonchev–Trinajstić information content (AvgIpc) is 2.46. The summed E-state index contributed by atoms with van der Waals surface area (Å²) in [5, 5.41) is 3.07. The highest BCUT2D eigenvalue weighted by Crippen LogP contribution is 2.21. The Morgan fingerprint density at radius 1 is 1.22 bits per heavy atom. The number of rotatable bonds is 4. The summed E-state index contributed by atoms with van der Waals surface area (Å²) in [6.45, 7) is 7.50. The molecule has 2 rings (SSSR count). The van der Waals surface area contributed by atoms with Gasteiger partial charge in [-0.05, 0) is 45.1 Å². The van der Waals surface area contributed by atoms with Gasteiger partial charge in [0.05, 0.1) is 6.04 Å². The predicted molar refractivity (Wildman–Crippen MR) is 91.0 cm³/mol. The lowest BCUT2D eigenvalue weighted by molar-refractivity contribution is -0.119. The Hall–Kier alpha value is -2.04. The highest BCUT2D eigenvalue weighted by Gasteiger charge is 2.24. The maximum Gasteiger partial charge on any atom is 0.317 e. The molecule has 0 spiro atoms. The van der Waals surface area contributed by atoms with Crippen molar-refractivity contribution in [1.82, 2.24) is 10.2 Å². The molecule has 0 bridgehead atoms. The van der Waals surface area contributed by atoms with Gasteiger partial charge in [-0.25, -0.2) is 4.79 Å². The SMILES string of the molecule is Cc1cc(C)cc([C@@H](C)NC(=O)N2CCC(CC(N)=O)CC2)c1. The molecule has 23 heavy (non-hydrogen) atoms. The number of nitrogens with one attached hydrogen (secondary N) is 1. The minimum Gasteiger partial charge on any atom is -0.370 e. The monoisotopic (exact) mass is 317 g/mol. The van der Waals surface area contributed by atoms with Gasteiger partial charge in [-0.3, -0.25) is 4.79 Å². The summed E-state index contributed by atoms with van der Waals surface area (Å²) in [4.78, 5) is 25.2. The van der Waals surface area contributed by atoms with Crippen molar-refractivity contribution in [2.45, 2.75) is 46.1 Å². The first-order valence-electron chi connectivity index (χ1n) is 8.27. The molecule has 3 amide bonds. The fourth-order valence-electron chi connectivity index (χ4n) is 3.24. The van der Waals surface area contributed by atoms with Gasteiger partial charge < -0.3 is 16.0 Å². The largest absolute Gasteiger partial charge is 0.370 e. The van der Waals surface area contributed by atoms with E-state index in [1.165, 1.54) is 11.1 Å². The van der Waals surface area contributed by atoms with E-state index >= 15 is 0 Å². The Morgan fingerprint density at radius 3 is 2.30 bits per heavy atom. The van der Waals surface area contributed by atoms with Crippen LogP contribution in [0.4, 0.5) is 4.79 Å². The Balaban J connectivity index is 1.88. The normalized spacial score (nSPS) is 16.9. The van der Waals surface area contributed by atoms with E-state index < -0.39 is 0 Å². The van der Waals surface area contributed by atoms with Gasteiger partial charge in [-0.2, -0.15) is 0 Å². The van der Waals surface area contributed by atoms with Gasteiger partial charge in [0.2, 0.25) is 5.91 Å². The smallest absolute Gasteiger partial charge is 0.317 e. The van der Waals surface area contributed by atoms with Gasteiger partial charge >= 0.3 is 6.03 Å². The lowest BCUT2D eigenvalue weighted by Gasteiger charge is -2.32. The van der Waals surface area contributed by atoms with E-state index in [4.69, 9.17) is 5.73 Å². The number of piperidine rings is 1. The van der Waals surface area contributed by atoms with Crippen molar-refractivity contribution in [3.05, 3.63) is 34.9 Å². The molecule has 1 atom stereocenters. The Labute approximate surface area is 138 Å². The van der Waals surface area contributed by atoms with Crippen molar-refractivity contribution >= 4 is 11.9 Å². The van der Waals surface area contributed by atoms with Crippen molar-refractivity contribution in [2.75, 3.05) is 13.1 Å². The van der Waals surface area contributed by atoms with Crippen molar-refractivity contribution in [3.63, 3.8) is 0 Å². The predicted octanol–water partition coefficient (Wildman–Crippen LogP) is 2.66. The summed E-state index contributed by atoms with van der Waals surface area (Å²) in [6.07, 6.45) is 2.11. The number of amides is 3. The zero-order valence-corrected chi connectivity index (χ0v) is 14.3. The summed E-state index contributed by atoms with van der Waals surface area (Å²) < 4.78 is 0. The zero-order chi connectivity index (χ0) is 17.0. The van der Waals surface area contributed by atoms with Crippen LogP contribution < -0.4 is 11.1 Å². The highest BCUT2D eigenvalue weighted by atomic mass is 16.2. The van der Waals surface area contributed by atoms with Crippen molar-refractivity contribution < 1.29 is 9.59 Å². The number of hydrogen-bond donors (Lipinski definition) is 2. The van der Waals surface area contributed by atoms with Crippen molar-refractivity contribution in [3.8, 4) is 0 Å². The first-order valence-corrected chi connectivity index (χ1v) is 8.27. The Bertz CT molecular complexity index is 557. The molecule has 5 heteroatoms. The summed E-state index contributed by atoms with van der Waals surface area (Å²) >= 11 is 0. The second kappa shape index (κ2) is 7.49. The first kappa shape index (κ1) is 17.3. The molecule has 0 aliphatic carbocycles. The van der Waals surface area contributed by atoms with Gasteiger partial charge in [0, 0.05) is 19.5 Å². The van der Waals surface area contributed by atoms with Crippen LogP contribution in [0, 0.1) is 19.8 Å². The maximum atomic E-state index is 12.4. The van der Waals surface area contributed by atoms with Crippen LogP contribution in [-0.2, 0) is 4.79 Å². The second-order valence-corrected chi connectivity index (χ2v) is 6.69. The summed E-state index contributed by atoms with van der Waals surface area (Å²) in [6, 6.07) is 6.29. The number of nitrogens with two attached hydrogens (primary N) is 1. The molecule has 5 nitrogen and oxygen atoms in total. The number of primary amides is 1. The lowest BCUT2D eigenvalue weighted by Crippen LogP contribution is -2.45. The molecule has 0 unspecified atom stereocenters. The molecule has 1 aliphatic heterocycles. The maximum absolute atomic E-state index is 12.4. The molecule has 1 aromatic rings. The number of carbonyl (C=O) groups excluding carboxylic acids is 2. The van der Waals surface area contributed by atoms with Crippen molar-refractivity contribution in [2.24, 2.45) is 11.7 Å². The zero-order valence-electron chi connectivity index (χ0n) is 14.3. The van der Waals surface area contributed by atoms with E-state index in [9.17, 15) is 9.59 Å². The van der Waals surface area contributed by atoms with Crippen LogP contribution in [0.2, 0.25) is 0 Å². The number of hydrogen-bond acceptors (Lipinski definition) is 2. The highest BCUT2D eigenvalue weighted by molar-refractivity contribution is 5.75. The summed E-state index contributed by atoms with van der Waals surface area (Å²) in [5.74, 6) is 0.0599. The topological polar surface area (TPSA) is 75.4 Å². The fourth-order valence-corrected chi connectivity index (χ4v) is 3.24. The minimum absolute atomic E-state index is 0.0237. The second-order valence-electron chi connectivity index (χ2n) is 6.69. The number of nitrogens with zero attached hydrogens (tertiary/aromatic N) is 1. The molecule has 0 saturated carbocycles. The number of aryl methyl sites for hydroxylation is 2. The van der Waals surface area contributed by atoms with Crippen LogP contribution in [0.3, 0.4) is 0 Å². The average molecular weight is 317 g/mol. The van der Waals surface area contributed by atoms with E-state index in [2.05, 4.69) is 37.4 Å². The van der Waals surface area contributed by atoms with Crippen LogP contribution in [0.15, 0.2) is 18.2 Å². The molecular weight excluding hydrogens is 290 g/mol. The molecular formula is C18H27N3O2. The summed E-state index contributed by atoms with van der Waals surface area (Å²) in [5.41, 5.74) is 8.77. The lowest BCUT2D eigenvalue weighted by atomic mass is 9.93. The molecule has 0 radical (unpaired) electrons. The van der Waals surface area contributed by atoms with E-state index in [0.717, 1.165) is 18.4 Å². The van der Waals surface area contributed by atoms with Gasteiger partial charge in [0.15, 0.2) is 0 Å². The van der Waals surface area contributed by atoms with Crippen LogP contribution in [0.1, 0.15) is 48.9 Å². The molecule has 3 N–H and O–H groups in total. The quantitative estimate of drug-likeness (QED) is 0.896. The minimum atomic E-state index is -0.253. The molecule has 1 saturated heterocycles. The summed E-state index contributed by atoms with van der Waals surface area (Å²) in [7, 11) is 0. The van der Waals surface area contributed by atoms with Gasteiger partial charge in [0.1, 0.15) is 0 Å².